The van der Waals surface area contributed by atoms with E-state index in [1.165, 1.54) is 16.7 Å². The number of nitrogens with two attached hydrogens (primary N) is 1. The van der Waals surface area contributed by atoms with Gasteiger partial charge in [0.2, 0.25) is 0 Å². The topological polar surface area (TPSA) is 78.2 Å². The van der Waals surface area contributed by atoms with Crippen molar-refractivity contribution in [1.82, 2.24) is 18.9 Å². The fraction of sp³-hybridized carbons (Fsp3) is 0.105. The van der Waals surface area contributed by atoms with Gasteiger partial charge in [-0.1, -0.05) is 12.1 Å². The quantitative estimate of drug-likeness (QED) is 0.604. The van der Waals surface area contributed by atoms with Gasteiger partial charge in [-0.15, -0.1) is 0 Å². The molecule has 0 radical (unpaired) electrons. The van der Waals surface area contributed by atoms with E-state index < -0.39 is 17.2 Å². The van der Waals surface area contributed by atoms with Crippen molar-refractivity contribution >= 4 is 11.5 Å². The van der Waals surface area contributed by atoms with Crippen LogP contribution in [-0.4, -0.2) is 18.9 Å². The number of hydrogen-bond acceptors (Lipinski definition) is 4. The van der Waals surface area contributed by atoms with E-state index in [0.717, 1.165) is 6.07 Å². The Labute approximate surface area is 152 Å². The molecule has 3 aromatic heterocycles. The lowest BCUT2D eigenvalue weighted by Crippen LogP contribution is -2.22. The maximum atomic E-state index is 14.3. The first-order valence-corrected chi connectivity index (χ1v) is 8.28. The fourth-order valence-corrected chi connectivity index (χ4v) is 3.09. The van der Waals surface area contributed by atoms with Gasteiger partial charge in [0.15, 0.2) is 17.3 Å². The molecule has 136 valence electrons. The summed E-state index contributed by atoms with van der Waals surface area (Å²) < 4.78 is 31.0. The monoisotopic (exact) mass is 367 g/mol. The maximum absolute atomic E-state index is 14.3. The van der Waals surface area contributed by atoms with Gasteiger partial charge in [-0.3, -0.25) is 9.20 Å². The van der Waals surface area contributed by atoms with Gasteiger partial charge in [0.1, 0.15) is 5.82 Å². The number of nitrogen functional groups attached to an aromatic ring is 1. The third kappa shape index (κ3) is 2.75. The highest BCUT2D eigenvalue weighted by Crippen LogP contribution is 2.33. The van der Waals surface area contributed by atoms with E-state index >= 15 is 0 Å². The van der Waals surface area contributed by atoms with Gasteiger partial charge in [0, 0.05) is 36.3 Å². The van der Waals surface area contributed by atoms with Crippen molar-refractivity contribution < 1.29 is 8.78 Å². The molecule has 0 bridgehead atoms. The summed E-state index contributed by atoms with van der Waals surface area (Å²) >= 11 is 0. The van der Waals surface area contributed by atoms with E-state index in [0.29, 0.717) is 34.7 Å². The molecule has 0 aliphatic heterocycles. The normalized spacial score (nSPS) is 11.2. The largest absolute Gasteiger partial charge is 0.381 e. The molecule has 4 rings (SSSR count). The van der Waals surface area contributed by atoms with Crippen LogP contribution in [0.1, 0.15) is 6.92 Å². The van der Waals surface area contributed by atoms with Crippen LogP contribution >= 0.6 is 0 Å². The predicted octanol–water partition coefficient (Wildman–Crippen LogP) is 3.11. The second kappa shape index (κ2) is 6.31. The highest BCUT2D eigenvalue weighted by molar-refractivity contribution is 5.82. The average molecular weight is 367 g/mol. The highest BCUT2D eigenvalue weighted by Gasteiger charge is 2.19. The number of fused-ring (bicyclic) bond motifs is 1. The molecule has 2 N–H and O–H groups in total. The molecule has 0 aliphatic carbocycles. The van der Waals surface area contributed by atoms with Crippen LogP contribution in [0.4, 0.5) is 14.6 Å². The van der Waals surface area contributed by atoms with Gasteiger partial charge in [-0.2, -0.15) is 0 Å². The maximum Gasteiger partial charge on any atom is 0.286 e. The van der Waals surface area contributed by atoms with Gasteiger partial charge in [0.25, 0.3) is 5.56 Å². The van der Waals surface area contributed by atoms with Gasteiger partial charge < -0.3 is 10.3 Å². The standard InChI is InChI=1S/C19H15F2N5O/c1-2-25-10-12(9-14(21)19(25)27)16-15(11-4-3-5-13(20)8-11)24-17(22)18-23-6-7-26(16)18/h3-10H,2H2,1H3,(H2,22,24). The summed E-state index contributed by atoms with van der Waals surface area (Å²) in [7, 11) is 0. The molecule has 0 unspecified atom stereocenters. The van der Waals surface area contributed by atoms with Crippen molar-refractivity contribution in [2.45, 2.75) is 13.5 Å². The Kier molecular flexibility index (Phi) is 3.95. The van der Waals surface area contributed by atoms with Crippen LogP contribution in [0.2, 0.25) is 0 Å². The molecule has 0 fully saturated rings. The van der Waals surface area contributed by atoms with Gasteiger partial charge in [-0.05, 0) is 25.1 Å². The fourth-order valence-electron chi connectivity index (χ4n) is 3.09. The molecule has 0 aliphatic rings. The van der Waals surface area contributed by atoms with Gasteiger partial charge in [-0.25, -0.2) is 18.7 Å². The zero-order chi connectivity index (χ0) is 19.1. The van der Waals surface area contributed by atoms with Crippen molar-refractivity contribution in [2.24, 2.45) is 0 Å². The zero-order valence-corrected chi connectivity index (χ0v) is 14.4. The predicted molar refractivity (Wildman–Crippen MR) is 98.1 cm³/mol. The molecule has 0 saturated carbocycles. The minimum Gasteiger partial charge on any atom is -0.381 e. The van der Waals surface area contributed by atoms with E-state index in [2.05, 4.69) is 9.97 Å². The van der Waals surface area contributed by atoms with E-state index in [4.69, 9.17) is 5.73 Å². The Morgan fingerprint density at radius 2 is 2.00 bits per heavy atom. The number of rotatable bonds is 3. The van der Waals surface area contributed by atoms with Crippen LogP contribution in [0.25, 0.3) is 28.2 Å². The Balaban J connectivity index is 2.12. The lowest BCUT2D eigenvalue weighted by molar-refractivity contribution is 0.576. The van der Waals surface area contributed by atoms with Gasteiger partial charge >= 0.3 is 0 Å². The molecule has 0 spiro atoms. The summed E-state index contributed by atoms with van der Waals surface area (Å²) in [5.74, 6) is -1.16. The number of hydrogen-bond donors (Lipinski definition) is 1. The summed E-state index contributed by atoms with van der Waals surface area (Å²) in [6.45, 7) is 2.04. The number of nitrogens with zero attached hydrogens (tertiary/aromatic N) is 4. The number of aryl methyl sites for hydroxylation is 1. The molecule has 0 atom stereocenters. The van der Waals surface area contributed by atoms with Crippen LogP contribution in [0, 0.1) is 11.6 Å². The first-order valence-electron chi connectivity index (χ1n) is 8.28. The van der Waals surface area contributed by atoms with Crippen LogP contribution in [0.15, 0.2) is 53.7 Å². The van der Waals surface area contributed by atoms with Crippen molar-refractivity contribution in [2.75, 3.05) is 5.73 Å². The lowest BCUT2D eigenvalue weighted by Gasteiger charge is -2.15. The van der Waals surface area contributed by atoms with Crippen molar-refractivity contribution in [3.05, 3.63) is 70.9 Å². The molecular formula is C19H15F2N5O. The minimum absolute atomic E-state index is 0.160. The molecule has 3 heterocycles. The number of halogens is 2. The number of aromatic nitrogens is 4. The second-order valence-electron chi connectivity index (χ2n) is 5.99. The average Bonchev–Trinajstić information content (AvgIpc) is 3.14. The highest BCUT2D eigenvalue weighted by atomic mass is 19.1. The first-order chi connectivity index (χ1) is 13.0. The molecule has 27 heavy (non-hydrogen) atoms. The summed E-state index contributed by atoms with van der Waals surface area (Å²) in [4.78, 5) is 20.5. The number of pyridine rings is 1. The second-order valence-corrected chi connectivity index (χ2v) is 5.99. The lowest BCUT2D eigenvalue weighted by atomic mass is 10.0. The Morgan fingerprint density at radius 3 is 2.74 bits per heavy atom. The molecule has 0 amide bonds. The van der Waals surface area contributed by atoms with E-state index in [-0.39, 0.29) is 5.82 Å². The number of anilines is 1. The molecule has 4 aromatic rings. The Hall–Kier alpha value is -3.55. The van der Waals surface area contributed by atoms with E-state index in [1.807, 2.05) is 0 Å². The third-order valence-electron chi connectivity index (χ3n) is 4.32. The number of imidazole rings is 1. The van der Waals surface area contributed by atoms with Crippen molar-refractivity contribution in [3.8, 4) is 22.5 Å². The van der Waals surface area contributed by atoms with E-state index in [1.54, 1.807) is 42.0 Å². The number of benzene rings is 1. The summed E-state index contributed by atoms with van der Waals surface area (Å²) in [6.07, 6.45) is 4.74. The van der Waals surface area contributed by atoms with Gasteiger partial charge in [0.05, 0.1) is 11.4 Å². The SMILES string of the molecule is CCn1cc(-c2c(-c3cccc(F)c3)nc(N)c3nccn23)cc(F)c1=O. The molecular weight excluding hydrogens is 352 g/mol. The van der Waals surface area contributed by atoms with E-state index in [9.17, 15) is 13.6 Å². The molecule has 0 saturated heterocycles. The van der Waals surface area contributed by atoms with Crippen LogP contribution in [0.5, 0.6) is 0 Å². The van der Waals surface area contributed by atoms with Crippen LogP contribution in [0.3, 0.4) is 0 Å². The summed E-state index contributed by atoms with van der Waals surface area (Å²) in [5, 5.41) is 0. The smallest absolute Gasteiger partial charge is 0.286 e. The first kappa shape index (κ1) is 16.9. The Bertz CT molecular complexity index is 1230. The summed E-state index contributed by atoms with van der Waals surface area (Å²) in [5.41, 5.74) is 7.40. The molecule has 8 heteroatoms. The minimum atomic E-state index is -0.885. The molecule has 1 aromatic carbocycles. The Morgan fingerprint density at radius 1 is 1.19 bits per heavy atom. The van der Waals surface area contributed by atoms with Crippen molar-refractivity contribution in [3.63, 3.8) is 0 Å². The van der Waals surface area contributed by atoms with Crippen LogP contribution in [-0.2, 0) is 6.54 Å². The van der Waals surface area contributed by atoms with Crippen molar-refractivity contribution in [1.29, 1.82) is 0 Å². The third-order valence-corrected chi connectivity index (χ3v) is 4.32. The molecule has 6 nitrogen and oxygen atoms in total. The zero-order valence-electron chi connectivity index (χ0n) is 14.4. The summed E-state index contributed by atoms with van der Waals surface area (Å²) in [6, 6.07) is 7.02. The van der Waals surface area contributed by atoms with Crippen LogP contribution < -0.4 is 11.3 Å².